The highest BCUT2D eigenvalue weighted by Crippen LogP contribution is 2.30. The van der Waals surface area contributed by atoms with Gasteiger partial charge in [-0.1, -0.05) is 25.2 Å². The van der Waals surface area contributed by atoms with Crippen LogP contribution >= 0.6 is 11.3 Å². The Balaban J connectivity index is 2.11. The smallest absolute Gasteiger partial charge is 0.213 e. The molecular weight excluding hydrogens is 286 g/mol. The van der Waals surface area contributed by atoms with Crippen molar-refractivity contribution >= 4 is 16.3 Å². The number of hydrogen-bond acceptors (Lipinski definition) is 5. The van der Waals surface area contributed by atoms with Crippen LogP contribution in [-0.2, 0) is 6.61 Å². The van der Waals surface area contributed by atoms with Crippen molar-refractivity contribution in [1.82, 2.24) is 14.6 Å². The lowest BCUT2D eigenvalue weighted by Gasteiger charge is -2.03. The van der Waals surface area contributed by atoms with E-state index in [1.54, 1.807) is 23.0 Å². The zero-order valence-electron chi connectivity index (χ0n) is 12.2. The number of aromatic nitrogens is 3. The van der Waals surface area contributed by atoms with E-state index in [2.05, 4.69) is 23.9 Å². The van der Waals surface area contributed by atoms with Gasteiger partial charge in [0, 0.05) is 11.5 Å². The Hall–Kier alpha value is -1.92. The quantitative estimate of drug-likeness (QED) is 0.804. The molecule has 0 bridgehead atoms. The number of benzene rings is 1. The molecular formula is C15H17N3O2S. The van der Waals surface area contributed by atoms with Crippen molar-refractivity contribution in [2.24, 2.45) is 0 Å². The number of aliphatic hydroxyl groups is 1. The second-order valence-corrected chi connectivity index (χ2v) is 6.07. The van der Waals surface area contributed by atoms with E-state index in [0.29, 0.717) is 5.92 Å². The van der Waals surface area contributed by atoms with Crippen LogP contribution in [0.1, 0.15) is 30.5 Å². The highest BCUT2D eigenvalue weighted by Gasteiger charge is 2.18. The van der Waals surface area contributed by atoms with Crippen LogP contribution in [0.2, 0.25) is 0 Å². The minimum Gasteiger partial charge on any atom is -0.497 e. The molecule has 0 aliphatic heterocycles. The zero-order valence-corrected chi connectivity index (χ0v) is 13.0. The summed E-state index contributed by atoms with van der Waals surface area (Å²) in [7, 11) is 1.64. The minimum absolute atomic E-state index is 0.0935. The lowest BCUT2D eigenvalue weighted by molar-refractivity contribution is 0.275. The van der Waals surface area contributed by atoms with Gasteiger partial charge < -0.3 is 9.84 Å². The summed E-state index contributed by atoms with van der Waals surface area (Å²) >= 11 is 1.56. The second-order valence-electron chi connectivity index (χ2n) is 5.08. The average Bonchev–Trinajstić information content (AvgIpc) is 3.04. The summed E-state index contributed by atoms with van der Waals surface area (Å²) in [4.78, 5) is 5.44. The maximum absolute atomic E-state index is 9.69. The van der Waals surface area contributed by atoms with Crippen LogP contribution in [0.4, 0.5) is 0 Å². The number of aliphatic hydroxyl groups excluding tert-OH is 1. The molecule has 0 atom stereocenters. The summed E-state index contributed by atoms with van der Waals surface area (Å²) < 4.78 is 6.91. The van der Waals surface area contributed by atoms with E-state index in [4.69, 9.17) is 4.74 Å². The van der Waals surface area contributed by atoms with E-state index in [1.807, 2.05) is 24.3 Å². The van der Waals surface area contributed by atoms with Gasteiger partial charge >= 0.3 is 0 Å². The van der Waals surface area contributed by atoms with Gasteiger partial charge in [-0.3, -0.25) is 0 Å². The van der Waals surface area contributed by atoms with E-state index >= 15 is 0 Å². The fourth-order valence-corrected chi connectivity index (χ4v) is 3.08. The first-order valence-electron chi connectivity index (χ1n) is 6.77. The van der Waals surface area contributed by atoms with Gasteiger partial charge in [-0.2, -0.15) is 5.10 Å². The van der Waals surface area contributed by atoms with E-state index in [-0.39, 0.29) is 6.61 Å². The predicted molar refractivity (Wildman–Crippen MR) is 82.9 cm³/mol. The van der Waals surface area contributed by atoms with Crippen molar-refractivity contribution in [1.29, 1.82) is 0 Å². The summed E-state index contributed by atoms with van der Waals surface area (Å²) in [6.07, 6.45) is 0. The van der Waals surface area contributed by atoms with Crippen molar-refractivity contribution in [3.8, 4) is 17.0 Å². The average molecular weight is 303 g/mol. The molecule has 21 heavy (non-hydrogen) atoms. The molecule has 0 saturated heterocycles. The van der Waals surface area contributed by atoms with E-state index in [9.17, 15) is 5.11 Å². The molecule has 0 amide bonds. The molecule has 1 aromatic carbocycles. The third kappa shape index (κ3) is 2.41. The van der Waals surface area contributed by atoms with Gasteiger partial charge in [-0.05, 0) is 24.3 Å². The van der Waals surface area contributed by atoms with Gasteiger partial charge in [0.15, 0.2) is 0 Å². The molecule has 0 fully saturated rings. The predicted octanol–water partition coefficient (Wildman–Crippen LogP) is 3.08. The Morgan fingerprint density at radius 1 is 1.29 bits per heavy atom. The van der Waals surface area contributed by atoms with Crippen molar-refractivity contribution < 1.29 is 9.84 Å². The molecule has 0 aliphatic rings. The van der Waals surface area contributed by atoms with Crippen LogP contribution in [-0.4, -0.2) is 26.8 Å². The molecule has 0 unspecified atom stereocenters. The van der Waals surface area contributed by atoms with Crippen molar-refractivity contribution in [3.63, 3.8) is 0 Å². The maximum atomic E-state index is 9.69. The van der Waals surface area contributed by atoms with Crippen molar-refractivity contribution in [3.05, 3.63) is 35.0 Å². The Morgan fingerprint density at radius 3 is 2.57 bits per heavy atom. The van der Waals surface area contributed by atoms with Crippen LogP contribution in [0, 0.1) is 0 Å². The lowest BCUT2D eigenvalue weighted by Crippen LogP contribution is -1.97. The molecule has 0 spiro atoms. The van der Waals surface area contributed by atoms with Crippen LogP contribution in [0.5, 0.6) is 5.75 Å². The number of imidazole rings is 1. The third-order valence-corrected chi connectivity index (χ3v) is 4.53. The molecule has 3 aromatic rings. The van der Waals surface area contributed by atoms with E-state index < -0.39 is 0 Å². The fourth-order valence-electron chi connectivity index (χ4n) is 2.16. The molecule has 3 rings (SSSR count). The summed E-state index contributed by atoms with van der Waals surface area (Å²) in [5.41, 5.74) is 2.44. The Morgan fingerprint density at radius 2 is 2.00 bits per heavy atom. The van der Waals surface area contributed by atoms with Crippen LogP contribution in [0.15, 0.2) is 24.3 Å². The third-order valence-electron chi connectivity index (χ3n) is 3.32. The molecule has 5 nitrogen and oxygen atoms in total. The topological polar surface area (TPSA) is 59.7 Å². The van der Waals surface area contributed by atoms with Gasteiger partial charge in [0.05, 0.1) is 25.1 Å². The van der Waals surface area contributed by atoms with E-state index in [1.165, 1.54) is 0 Å². The first-order valence-corrected chi connectivity index (χ1v) is 7.59. The summed E-state index contributed by atoms with van der Waals surface area (Å²) in [6, 6.07) is 7.65. The Labute approximate surface area is 126 Å². The summed E-state index contributed by atoms with van der Waals surface area (Å²) in [5, 5.41) is 15.3. The van der Waals surface area contributed by atoms with E-state index in [0.717, 1.165) is 32.7 Å². The Kier molecular flexibility index (Phi) is 3.65. The van der Waals surface area contributed by atoms with Crippen LogP contribution in [0.3, 0.4) is 0 Å². The number of fused-ring (bicyclic) bond motifs is 1. The number of methoxy groups -OCH3 is 1. The Bertz CT molecular complexity index is 759. The number of rotatable bonds is 4. The fraction of sp³-hybridized carbons (Fsp3) is 0.333. The molecule has 2 aromatic heterocycles. The van der Waals surface area contributed by atoms with Crippen LogP contribution in [0.25, 0.3) is 16.2 Å². The van der Waals surface area contributed by atoms with Crippen molar-refractivity contribution in [2.75, 3.05) is 7.11 Å². The van der Waals surface area contributed by atoms with Gasteiger partial charge in [0.2, 0.25) is 4.96 Å². The normalized spacial score (nSPS) is 11.5. The number of hydrogen-bond donors (Lipinski definition) is 1. The SMILES string of the molecule is COc1ccc(-c2nc3sc(C(C)C)nn3c2CO)cc1. The number of nitrogens with zero attached hydrogens (tertiary/aromatic N) is 3. The second kappa shape index (κ2) is 5.46. The highest BCUT2D eigenvalue weighted by atomic mass is 32.1. The molecule has 0 saturated carbocycles. The van der Waals surface area contributed by atoms with Crippen LogP contribution < -0.4 is 4.74 Å². The monoisotopic (exact) mass is 303 g/mol. The summed E-state index contributed by atoms with van der Waals surface area (Å²) in [5.74, 6) is 1.15. The van der Waals surface area contributed by atoms with Gasteiger partial charge in [-0.15, -0.1) is 0 Å². The standard InChI is InChI=1S/C15H17N3O2S/c1-9(2)14-17-18-12(8-19)13(16-15(18)21-14)10-4-6-11(20-3)7-5-10/h4-7,9,19H,8H2,1-3H3. The summed E-state index contributed by atoms with van der Waals surface area (Å²) in [6.45, 7) is 4.10. The zero-order chi connectivity index (χ0) is 15.0. The molecule has 6 heteroatoms. The highest BCUT2D eigenvalue weighted by molar-refractivity contribution is 7.16. The lowest BCUT2D eigenvalue weighted by atomic mass is 10.1. The largest absolute Gasteiger partial charge is 0.497 e. The van der Waals surface area contributed by atoms with Gasteiger partial charge in [-0.25, -0.2) is 9.50 Å². The van der Waals surface area contributed by atoms with Crippen molar-refractivity contribution in [2.45, 2.75) is 26.4 Å². The molecule has 0 aliphatic carbocycles. The minimum atomic E-state index is -0.0935. The van der Waals surface area contributed by atoms with Gasteiger partial charge in [0.1, 0.15) is 10.8 Å². The maximum Gasteiger partial charge on any atom is 0.213 e. The number of ether oxygens (including phenoxy) is 1. The molecule has 110 valence electrons. The molecule has 2 heterocycles. The van der Waals surface area contributed by atoms with Gasteiger partial charge in [0.25, 0.3) is 0 Å². The molecule has 0 radical (unpaired) electrons. The first kappa shape index (κ1) is 14.0. The molecule has 1 N–H and O–H groups in total. The first-order chi connectivity index (χ1) is 10.1.